The van der Waals surface area contributed by atoms with Gasteiger partial charge in [-0.25, -0.2) is 19.2 Å². The van der Waals surface area contributed by atoms with Gasteiger partial charge in [0, 0.05) is 61.1 Å². The second-order valence-electron chi connectivity index (χ2n) is 10.5. The summed E-state index contributed by atoms with van der Waals surface area (Å²) in [7, 11) is 3.17. The lowest BCUT2D eigenvalue weighted by Gasteiger charge is -2.29. The predicted octanol–water partition coefficient (Wildman–Crippen LogP) is 5.68. The van der Waals surface area contributed by atoms with Gasteiger partial charge in [-0.05, 0) is 66.7 Å². The fourth-order valence-electron chi connectivity index (χ4n) is 4.95. The Morgan fingerprint density at radius 1 is 0.886 bits per heavy atom. The molecule has 0 unspecified atom stereocenters. The smallest absolute Gasteiger partial charge is 0.323 e. The summed E-state index contributed by atoms with van der Waals surface area (Å²) in [5, 5.41) is 6.14. The van der Waals surface area contributed by atoms with Gasteiger partial charge in [0.2, 0.25) is 0 Å². The van der Waals surface area contributed by atoms with Gasteiger partial charge >= 0.3 is 6.03 Å². The number of nitrogens with one attached hydrogen (secondary N) is 2. The number of carbonyl (C=O) groups excluding carboxylic acids is 2. The first kappa shape index (κ1) is 28.7. The second kappa shape index (κ2) is 12.4. The fraction of sp³-hybridized carbons (Fsp3) is 0.182. The number of halogens is 1. The minimum Gasteiger partial charge on any atom is -0.378 e. The third-order valence-electron chi connectivity index (χ3n) is 7.22. The van der Waals surface area contributed by atoms with Gasteiger partial charge in [0.15, 0.2) is 5.82 Å². The first-order chi connectivity index (χ1) is 21.4. The zero-order chi connectivity index (χ0) is 30.6. The van der Waals surface area contributed by atoms with Gasteiger partial charge in [-0.2, -0.15) is 0 Å². The van der Waals surface area contributed by atoms with Crippen molar-refractivity contribution in [1.82, 2.24) is 19.9 Å². The molecule has 0 bridgehead atoms. The standard InChI is InChI=1S/C33H30FN7O3/c1-40(2)32(42)23-9-13-28(26(34)19-23)38-33(43)36-24-10-6-21(7-11-24)30-37-29-20-22(27-5-3-4-14-35-27)8-12-25(29)31(39-30)41-15-17-44-18-16-41/h3-14,19-20H,15-18H2,1-2H3,(H2,36,38,43). The van der Waals surface area contributed by atoms with Crippen molar-refractivity contribution in [1.29, 1.82) is 0 Å². The van der Waals surface area contributed by atoms with Gasteiger partial charge in [0.1, 0.15) is 11.6 Å². The normalized spacial score (nSPS) is 13.0. The minimum atomic E-state index is -0.709. The minimum absolute atomic E-state index is 0.0419. The number of pyridine rings is 1. The Kier molecular flexibility index (Phi) is 8.11. The Bertz CT molecular complexity index is 1830. The lowest BCUT2D eigenvalue weighted by Crippen LogP contribution is -2.37. The van der Waals surface area contributed by atoms with Crippen LogP contribution in [-0.4, -0.2) is 72.2 Å². The molecule has 1 aliphatic heterocycles. The van der Waals surface area contributed by atoms with Gasteiger partial charge in [-0.15, -0.1) is 0 Å². The first-order valence-electron chi connectivity index (χ1n) is 14.1. The Morgan fingerprint density at radius 3 is 2.36 bits per heavy atom. The van der Waals surface area contributed by atoms with Crippen molar-refractivity contribution in [3.63, 3.8) is 0 Å². The van der Waals surface area contributed by atoms with Crippen LogP contribution in [-0.2, 0) is 4.74 Å². The van der Waals surface area contributed by atoms with E-state index in [0.717, 1.165) is 52.7 Å². The van der Waals surface area contributed by atoms with Crippen LogP contribution < -0.4 is 15.5 Å². The van der Waals surface area contributed by atoms with Crippen molar-refractivity contribution < 1.29 is 18.7 Å². The lowest BCUT2D eigenvalue weighted by molar-refractivity contribution is 0.0827. The number of aromatic nitrogens is 3. The topological polar surface area (TPSA) is 113 Å². The molecule has 0 aliphatic carbocycles. The monoisotopic (exact) mass is 591 g/mol. The summed E-state index contributed by atoms with van der Waals surface area (Å²) in [4.78, 5) is 42.6. The molecule has 1 saturated heterocycles. The maximum absolute atomic E-state index is 14.6. The molecule has 11 heteroatoms. The Morgan fingerprint density at radius 2 is 1.66 bits per heavy atom. The number of nitrogens with zero attached hydrogens (tertiary/aromatic N) is 5. The summed E-state index contributed by atoms with van der Waals surface area (Å²) in [6, 6.07) is 22.3. The van der Waals surface area contributed by atoms with Gasteiger partial charge in [-0.1, -0.05) is 12.1 Å². The summed E-state index contributed by atoms with van der Waals surface area (Å²) < 4.78 is 20.1. The van der Waals surface area contributed by atoms with Crippen molar-refractivity contribution in [2.45, 2.75) is 0 Å². The number of amides is 3. The van der Waals surface area contributed by atoms with Gasteiger partial charge in [0.25, 0.3) is 5.91 Å². The van der Waals surface area contributed by atoms with Gasteiger partial charge < -0.3 is 25.2 Å². The number of anilines is 3. The number of morpholine rings is 1. The van der Waals surface area contributed by atoms with Gasteiger partial charge in [-0.3, -0.25) is 9.78 Å². The highest BCUT2D eigenvalue weighted by Crippen LogP contribution is 2.31. The van der Waals surface area contributed by atoms with Crippen molar-refractivity contribution in [3.8, 4) is 22.6 Å². The molecule has 10 nitrogen and oxygen atoms in total. The average Bonchev–Trinajstić information content (AvgIpc) is 3.05. The van der Waals surface area contributed by atoms with E-state index in [1.165, 1.54) is 17.0 Å². The van der Waals surface area contributed by atoms with Gasteiger partial charge in [0.05, 0.1) is 30.1 Å². The van der Waals surface area contributed by atoms with E-state index in [1.54, 1.807) is 32.4 Å². The van der Waals surface area contributed by atoms with Crippen LogP contribution in [0.25, 0.3) is 33.5 Å². The van der Waals surface area contributed by atoms with Crippen LogP contribution >= 0.6 is 0 Å². The Balaban J connectivity index is 1.24. The van der Waals surface area contributed by atoms with Crippen LogP contribution in [0.1, 0.15) is 10.4 Å². The van der Waals surface area contributed by atoms with E-state index in [2.05, 4.69) is 20.5 Å². The molecular weight excluding hydrogens is 561 g/mol. The largest absolute Gasteiger partial charge is 0.378 e. The van der Waals surface area contributed by atoms with Crippen molar-refractivity contribution in [2.24, 2.45) is 0 Å². The molecule has 0 saturated carbocycles. The van der Waals surface area contributed by atoms with Crippen LogP contribution in [0.15, 0.2) is 85.1 Å². The zero-order valence-electron chi connectivity index (χ0n) is 24.3. The molecule has 2 N–H and O–H groups in total. The van der Waals surface area contributed by atoms with E-state index in [1.807, 2.05) is 48.5 Å². The number of hydrogen-bond acceptors (Lipinski definition) is 7. The molecule has 2 aromatic heterocycles. The maximum Gasteiger partial charge on any atom is 0.323 e. The molecule has 1 fully saturated rings. The Labute approximate surface area is 253 Å². The Hall–Kier alpha value is -5.42. The first-order valence-corrected chi connectivity index (χ1v) is 14.1. The summed E-state index contributed by atoms with van der Waals surface area (Å²) in [6.45, 7) is 2.69. The molecule has 0 atom stereocenters. The molecular formula is C33H30FN7O3. The summed E-state index contributed by atoms with van der Waals surface area (Å²) >= 11 is 0. The van der Waals surface area contributed by atoms with Crippen LogP contribution in [0.2, 0.25) is 0 Å². The number of ether oxygens (including phenoxy) is 1. The molecule has 3 aromatic carbocycles. The molecule has 5 aromatic rings. The number of fused-ring (bicyclic) bond motifs is 1. The van der Waals surface area contributed by atoms with E-state index in [9.17, 15) is 14.0 Å². The third kappa shape index (κ3) is 6.18. The van der Waals surface area contributed by atoms with Crippen LogP contribution in [0.4, 0.5) is 26.4 Å². The second-order valence-corrected chi connectivity index (χ2v) is 10.5. The zero-order valence-corrected chi connectivity index (χ0v) is 24.3. The quantitative estimate of drug-likeness (QED) is 0.261. The maximum atomic E-state index is 14.6. The number of urea groups is 1. The fourth-order valence-corrected chi connectivity index (χ4v) is 4.95. The van der Waals surface area contributed by atoms with E-state index in [4.69, 9.17) is 14.7 Å². The van der Waals surface area contributed by atoms with Crippen molar-refractivity contribution >= 4 is 40.0 Å². The average molecular weight is 592 g/mol. The molecule has 222 valence electrons. The molecule has 0 radical (unpaired) electrons. The summed E-state index contributed by atoms with van der Waals surface area (Å²) in [6.07, 6.45) is 1.76. The molecule has 44 heavy (non-hydrogen) atoms. The van der Waals surface area contributed by atoms with Crippen LogP contribution in [0.5, 0.6) is 0 Å². The van der Waals surface area contributed by atoms with Crippen molar-refractivity contribution in [2.75, 3.05) is 55.9 Å². The van der Waals surface area contributed by atoms with E-state index >= 15 is 0 Å². The SMILES string of the molecule is CN(C)C(=O)c1ccc(NC(=O)Nc2ccc(-c3nc(N4CCOCC4)c4ccc(-c5ccccn5)cc4n3)cc2)c(F)c1. The molecule has 3 amide bonds. The molecule has 1 aliphatic rings. The predicted molar refractivity (Wildman–Crippen MR) is 168 cm³/mol. The highest BCUT2D eigenvalue weighted by Gasteiger charge is 2.19. The van der Waals surface area contributed by atoms with E-state index < -0.39 is 11.8 Å². The number of hydrogen-bond donors (Lipinski definition) is 2. The van der Waals surface area contributed by atoms with Crippen molar-refractivity contribution in [3.05, 3.63) is 96.4 Å². The molecule has 6 rings (SSSR count). The van der Waals surface area contributed by atoms with Crippen LogP contribution in [0.3, 0.4) is 0 Å². The number of benzene rings is 3. The van der Waals surface area contributed by atoms with E-state index in [0.29, 0.717) is 24.7 Å². The molecule has 3 heterocycles. The van der Waals surface area contributed by atoms with E-state index in [-0.39, 0.29) is 17.2 Å². The number of rotatable bonds is 6. The highest BCUT2D eigenvalue weighted by molar-refractivity contribution is 6.01. The summed E-state index contributed by atoms with van der Waals surface area (Å²) in [5.41, 5.74) is 4.02. The molecule has 0 spiro atoms. The summed E-state index contributed by atoms with van der Waals surface area (Å²) in [5.74, 6) is 0.338. The number of carbonyl (C=O) groups is 2. The third-order valence-corrected chi connectivity index (χ3v) is 7.22. The highest BCUT2D eigenvalue weighted by atomic mass is 19.1. The lowest BCUT2D eigenvalue weighted by atomic mass is 10.1. The van der Waals surface area contributed by atoms with Crippen LogP contribution in [0, 0.1) is 5.82 Å².